The Morgan fingerprint density at radius 2 is 1.92 bits per heavy atom. The van der Waals surface area contributed by atoms with Crippen molar-refractivity contribution in [3.8, 4) is 11.1 Å². The number of ether oxygens (including phenoxy) is 1. The predicted molar refractivity (Wildman–Crippen MR) is 138 cm³/mol. The largest absolute Gasteiger partial charge is 0.453 e. The highest BCUT2D eigenvalue weighted by atomic mass is 16.5. The molecule has 2 heterocycles. The number of carbonyl (C=O) groups is 3. The van der Waals surface area contributed by atoms with Gasteiger partial charge in [-0.3, -0.25) is 19.9 Å². The summed E-state index contributed by atoms with van der Waals surface area (Å²) >= 11 is 0. The topological polar surface area (TPSA) is 135 Å². The number of carbonyl (C=O) groups excluding carboxylic acids is 3. The highest BCUT2D eigenvalue weighted by Crippen LogP contribution is 2.34. The second-order valence-electron chi connectivity index (χ2n) is 9.65. The second kappa shape index (κ2) is 12.0. The number of rotatable bonds is 4. The molecule has 192 valence electrons. The summed E-state index contributed by atoms with van der Waals surface area (Å²) in [4.78, 5) is 42.1. The number of amides is 3. The van der Waals surface area contributed by atoms with Crippen LogP contribution in [0.4, 0.5) is 16.2 Å². The molecule has 4 rings (SSSR count). The van der Waals surface area contributed by atoms with Crippen LogP contribution >= 0.6 is 0 Å². The lowest BCUT2D eigenvalue weighted by atomic mass is 9.81. The molecule has 36 heavy (non-hydrogen) atoms. The Hall–Kier alpha value is -3.46. The fourth-order valence-electron chi connectivity index (χ4n) is 5.04. The Morgan fingerprint density at radius 1 is 1.11 bits per heavy atom. The first kappa shape index (κ1) is 25.6. The average molecular weight is 494 g/mol. The number of nitrogens with zero attached hydrogens (tertiary/aromatic N) is 1. The average Bonchev–Trinajstić information content (AvgIpc) is 2.90. The van der Waals surface area contributed by atoms with Crippen molar-refractivity contribution in [2.24, 2.45) is 17.6 Å². The van der Waals surface area contributed by atoms with E-state index in [9.17, 15) is 14.4 Å². The molecule has 1 aliphatic carbocycles. The highest BCUT2D eigenvalue weighted by molar-refractivity contribution is 5.97. The van der Waals surface area contributed by atoms with Crippen molar-refractivity contribution in [2.45, 2.75) is 57.4 Å². The normalized spacial score (nSPS) is 22.2. The van der Waals surface area contributed by atoms with Gasteiger partial charge in [0, 0.05) is 29.8 Å². The van der Waals surface area contributed by atoms with E-state index in [1.807, 2.05) is 18.2 Å². The van der Waals surface area contributed by atoms with Crippen molar-refractivity contribution in [3.63, 3.8) is 0 Å². The Kier molecular flexibility index (Phi) is 8.53. The Labute approximate surface area is 211 Å². The van der Waals surface area contributed by atoms with Crippen LogP contribution in [0.3, 0.4) is 0 Å². The summed E-state index contributed by atoms with van der Waals surface area (Å²) < 4.78 is 4.68. The molecule has 0 spiro atoms. The number of pyridine rings is 1. The van der Waals surface area contributed by atoms with Crippen LogP contribution in [0.5, 0.6) is 0 Å². The molecule has 2 bridgehead atoms. The van der Waals surface area contributed by atoms with E-state index in [1.165, 1.54) is 7.11 Å². The van der Waals surface area contributed by atoms with Gasteiger partial charge in [-0.15, -0.1) is 0 Å². The maximum atomic E-state index is 13.2. The molecule has 5 N–H and O–H groups in total. The van der Waals surface area contributed by atoms with Gasteiger partial charge in [0.1, 0.15) is 0 Å². The van der Waals surface area contributed by atoms with Crippen LogP contribution in [0.15, 0.2) is 36.5 Å². The Morgan fingerprint density at radius 3 is 2.67 bits per heavy atom. The molecule has 0 radical (unpaired) electrons. The van der Waals surface area contributed by atoms with Crippen molar-refractivity contribution in [3.05, 3.63) is 42.2 Å². The number of aromatic nitrogens is 1. The van der Waals surface area contributed by atoms with Crippen LogP contribution in [0.2, 0.25) is 0 Å². The van der Waals surface area contributed by atoms with E-state index in [1.54, 1.807) is 18.3 Å². The van der Waals surface area contributed by atoms with Gasteiger partial charge in [0.15, 0.2) is 0 Å². The number of benzene rings is 1. The predicted octanol–water partition coefficient (Wildman–Crippen LogP) is 4.36. The van der Waals surface area contributed by atoms with E-state index in [0.29, 0.717) is 43.1 Å². The summed E-state index contributed by atoms with van der Waals surface area (Å²) in [5, 5.41) is 8.88. The lowest BCUT2D eigenvalue weighted by Gasteiger charge is -2.29. The van der Waals surface area contributed by atoms with Crippen LogP contribution in [0.1, 0.15) is 63.1 Å². The summed E-state index contributed by atoms with van der Waals surface area (Å²) in [5.74, 6) is 0.498. The van der Waals surface area contributed by atoms with Gasteiger partial charge in [-0.05, 0) is 80.8 Å². The molecule has 2 aromatic rings. The van der Waals surface area contributed by atoms with Gasteiger partial charge in [-0.1, -0.05) is 12.5 Å². The smallest absolute Gasteiger partial charge is 0.411 e. The van der Waals surface area contributed by atoms with E-state index in [4.69, 9.17) is 5.73 Å². The second-order valence-corrected chi connectivity index (χ2v) is 9.65. The van der Waals surface area contributed by atoms with Crippen LogP contribution in [-0.2, 0) is 14.3 Å². The third-order valence-electron chi connectivity index (χ3n) is 7.19. The number of methoxy groups -OCH3 is 1. The monoisotopic (exact) mass is 493 g/mol. The minimum atomic E-state index is -0.587. The SMILES string of the molecule is COC(=O)Nc1ccc2c(c1)NC(=O)CCCC[C@H](NC(=O)[C@H]1CC[C@H](CN)CC1)c1cc-2ccn1. The van der Waals surface area contributed by atoms with E-state index < -0.39 is 6.09 Å². The number of hydrogen-bond donors (Lipinski definition) is 4. The minimum absolute atomic E-state index is 0.00426. The van der Waals surface area contributed by atoms with Gasteiger partial charge in [-0.2, -0.15) is 0 Å². The standard InChI is InChI=1S/C27H35N5O4/c1-36-27(35)30-20-10-11-21-19-12-13-29-24(14-19)22(4-2-3-5-25(33)31-23(21)15-20)32-26(34)18-8-6-17(16-28)7-9-18/h10-15,17-18,22H,2-9,16,28H2,1H3,(H,30,35)(H,31,33)(H,32,34)/t17-,18-,22-/m0/s1. The Bertz CT molecular complexity index is 1100. The Balaban J connectivity index is 1.60. The summed E-state index contributed by atoms with van der Waals surface area (Å²) in [5.41, 5.74) is 9.37. The van der Waals surface area contributed by atoms with Gasteiger partial charge in [-0.25, -0.2) is 4.79 Å². The first-order valence-electron chi connectivity index (χ1n) is 12.7. The third kappa shape index (κ3) is 6.40. The molecule has 9 nitrogen and oxygen atoms in total. The van der Waals surface area contributed by atoms with Crippen LogP contribution < -0.4 is 21.7 Å². The molecule has 3 amide bonds. The zero-order valence-electron chi connectivity index (χ0n) is 20.7. The zero-order valence-corrected chi connectivity index (χ0v) is 20.7. The zero-order chi connectivity index (χ0) is 25.5. The molecule has 1 aromatic carbocycles. The summed E-state index contributed by atoms with van der Waals surface area (Å²) in [6.45, 7) is 0.684. The van der Waals surface area contributed by atoms with E-state index in [0.717, 1.165) is 48.9 Å². The van der Waals surface area contributed by atoms with Crippen molar-refractivity contribution in [2.75, 3.05) is 24.3 Å². The van der Waals surface area contributed by atoms with Crippen LogP contribution in [0.25, 0.3) is 11.1 Å². The van der Waals surface area contributed by atoms with Gasteiger partial charge in [0.05, 0.1) is 24.5 Å². The first-order chi connectivity index (χ1) is 17.5. The number of nitrogens with two attached hydrogens (primary N) is 1. The number of anilines is 2. The van der Waals surface area contributed by atoms with Crippen molar-refractivity contribution < 1.29 is 19.1 Å². The minimum Gasteiger partial charge on any atom is -0.453 e. The molecule has 9 heteroatoms. The van der Waals surface area contributed by atoms with Gasteiger partial charge >= 0.3 is 6.09 Å². The van der Waals surface area contributed by atoms with Gasteiger partial charge in [0.25, 0.3) is 0 Å². The van der Waals surface area contributed by atoms with Crippen LogP contribution in [0, 0.1) is 11.8 Å². The van der Waals surface area contributed by atoms with Crippen molar-refractivity contribution >= 4 is 29.3 Å². The maximum absolute atomic E-state index is 13.2. The van der Waals surface area contributed by atoms with Gasteiger partial charge in [0.2, 0.25) is 11.8 Å². The quantitative estimate of drug-likeness (QED) is 0.500. The van der Waals surface area contributed by atoms with E-state index in [-0.39, 0.29) is 23.8 Å². The number of nitrogens with one attached hydrogen (secondary N) is 3. The molecule has 1 aliphatic heterocycles. The van der Waals surface area contributed by atoms with E-state index >= 15 is 0 Å². The van der Waals surface area contributed by atoms with E-state index in [2.05, 4.69) is 25.7 Å². The fraction of sp³-hybridized carbons (Fsp3) is 0.481. The third-order valence-corrected chi connectivity index (χ3v) is 7.19. The molecule has 1 atom stereocenters. The summed E-state index contributed by atoms with van der Waals surface area (Å²) in [7, 11) is 1.30. The maximum Gasteiger partial charge on any atom is 0.411 e. The lowest BCUT2D eigenvalue weighted by molar-refractivity contribution is -0.127. The molecule has 1 aromatic heterocycles. The van der Waals surface area contributed by atoms with Crippen molar-refractivity contribution in [1.29, 1.82) is 0 Å². The fourth-order valence-corrected chi connectivity index (χ4v) is 5.04. The summed E-state index contributed by atoms with van der Waals surface area (Å²) in [6, 6.07) is 8.93. The number of fused-ring (bicyclic) bond motifs is 4. The molecular weight excluding hydrogens is 458 g/mol. The first-order valence-corrected chi connectivity index (χ1v) is 12.7. The molecule has 0 unspecified atom stereocenters. The lowest BCUT2D eigenvalue weighted by Crippen LogP contribution is -2.37. The highest BCUT2D eigenvalue weighted by Gasteiger charge is 2.28. The molecular formula is C27H35N5O4. The van der Waals surface area contributed by atoms with Crippen molar-refractivity contribution in [1.82, 2.24) is 10.3 Å². The molecule has 0 saturated heterocycles. The number of hydrogen-bond acceptors (Lipinski definition) is 6. The van der Waals surface area contributed by atoms with Crippen LogP contribution in [-0.4, -0.2) is 36.5 Å². The summed E-state index contributed by atoms with van der Waals surface area (Å²) in [6.07, 6.45) is 7.39. The molecule has 1 fully saturated rings. The van der Waals surface area contributed by atoms with Gasteiger partial charge < -0.3 is 21.1 Å². The molecule has 1 saturated carbocycles. The molecule has 2 aliphatic rings.